The smallest absolute Gasteiger partial charge is 0.118 e. The van der Waals surface area contributed by atoms with Gasteiger partial charge in [0.1, 0.15) is 5.75 Å². The van der Waals surface area contributed by atoms with Crippen LogP contribution >= 0.6 is 0 Å². The van der Waals surface area contributed by atoms with Crippen LogP contribution in [-0.4, -0.2) is 18.6 Å². The molecule has 0 aliphatic carbocycles. The van der Waals surface area contributed by atoms with Gasteiger partial charge in [0, 0.05) is 13.1 Å². The van der Waals surface area contributed by atoms with Gasteiger partial charge in [-0.3, -0.25) is 0 Å². The Bertz CT molecular complexity index is 329. The van der Waals surface area contributed by atoms with Crippen molar-refractivity contribution < 1.29 is 4.74 Å². The second-order valence-corrected chi connectivity index (χ2v) is 3.85. The van der Waals surface area contributed by atoms with Gasteiger partial charge in [-0.05, 0) is 36.7 Å². The number of benzene rings is 1. The first-order valence-electron chi connectivity index (χ1n) is 5.42. The van der Waals surface area contributed by atoms with Crippen molar-refractivity contribution in [3.63, 3.8) is 0 Å². The molecule has 1 aromatic carbocycles. The van der Waals surface area contributed by atoms with E-state index >= 15 is 0 Å². The van der Waals surface area contributed by atoms with Crippen LogP contribution in [0.3, 0.4) is 0 Å². The molecule has 0 spiro atoms. The number of methoxy groups -OCH3 is 1. The van der Waals surface area contributed by atoms with Crippen molar-refractivity contribution in [3.05, 3.63) is 42.1 Å². The fourth-order valence-corrected chi connectivity index (χ4v) is 1.81. The fourth-order valence-electron chi connectivity index (χ4n) is 1.81. The van der Waals surface area contributed by atoms with Gasteiger partial charge in [0.15, 0.2) is 0 Å². The standard InChI is InChI=1S/C13H17NO/c1-15-13-7-5-12(6-8-13)11-14-9-3-2-4-10-14/h3,5-9H,2,4,10-11H2,1H3. The minimum absolute atomic E-state index is 0.924. The molecule has 0 bridgehead atoms. The Morgan fingerprint density at radius 2 is 2.07 bits per heavy atom. The van der Waals surface area contributed by atoms with Crippen molar-refractivity contribution in [2.24, 2.45) is 0 Å². The maximum absolute atomic E-state index is 5.13. The number of rotatable bonds is 3. The monoisotopic (exact) mass is 203 g/mol. The zero-order valence-electron chi connectivity index (χ0n) is 9.15. The predicted molar refractivity (Wildman–Crippen MR) is 61.8 cm³/mol. The molecule has 1 aromatic rings. The van der Waals surface area contributed by atoms with Crippen molar-refractivity contribution in [2.75, 3.05) is 13.7 Å². The summed E-state index contributed by atoms with van der Waals surface area (Å²) in [6.45, 7) is 2.17. The molecule has 2 heteroatoms. The van der Waals surface area contributed by atoms with Crippen LogP contribution in [0.15, 0.2) is 36.5 Å². The second-order valence-electron chi connectivity index (χ2n) is 3.85. The number of nitrogens with zero attached hydrogens (tertiary/aromatic N) is 1. The van der Waals surface area contributed by atoms with Crippen LogP contribution in [0.1, 0.15) is 18.4 Å². The highest BCUT2D eigenvalue weighted by Crippen LogP contribution is 2.15. The molecular formula is C13H17NO. The van der Waals surface area contributed by atoms with E-state index in [1.54, 1.807) is 7.11 Å². The summed E-state index contributed by atoms with van der Waals surface area (Å²) in [6.07, 6.45) is 6.94. The quantitative estimate of drug-likeness (QED) is 0.749. The van der Waals surface area contributed by atoms with Crippen LogP contribution < -0.4 is 4.74 Å². The molecule has 0 amide bonds. The van der Waals surface area contributed by atoms with Gasteiger partial charge in [0.05, 0.1) is 7.11 Å². The maximum Gasteiger partial charge on any atom is 0.118 e. The number of hydrogen-bond acceptors (Lipinski definition) is 2. The molecule has 2 nitrogen and oxygen atoms in total. The molecule has 0 unspecified atom stereocenters. The first-order valence-corrected chi connectivity index (χ1v) is 5.42. The predicted octanol–water partition coefficient (Wildman–Crippen LogP) is 2.80. The van der Waals surface area contributed by atoms with Crippen LogP contribution in [-0.2, 0) is 6.54 Å². The van der Waals surface area contributed by atoms with E-state index in [1.807, 2.05) is 12.1 Å². The molecule has 0 N–H and O–H groups in total. The molecule has 2 rings (SSSR count). The summed E-state index contributed by atoms with van der Waals surface area (Å²) in [4.78, 5) is 2.35. The third kappa shape index (κ3) is 2.75. The third-order valence-corrected chi connectivity index (χ3v) is 2.68. The van der Waals surface area contributed by atoms with Crippen LogP contribution in [0, 0.1) is 0 Å². The topological polar surface area (TPSA) is 12.5 Å². The molecule has 1 aliphatic rings. The number of allylic oxidation sites excluding steroid dienone is 1. The molecule has 1 aliphatic heterocycles. The van der Waals surface area contributed by atoms with Gasteiger partial charge in [-0.2, -0.15) is 0 Å². The molecule has 0 fully saturated rings. The highest BCUT2D eigenvalue weighted by Gasteiger charge is 2.04. The second kappa shape index (κ2) is 4.87. The maximum atomic E-state index is 5.13. The molecule has 80 valence electrons. The van der Waals surface area contributed by atoms with Crippen molar-refractivity contribution >= 4 is 0 Å². The number of hydrogen-bond donors (Lipinski definition) is 0. The summed E-state index contributed by atoms with van der Waals surface area (Å²) in [5, 5.41) is 0. The number of ether oxygens (including phenoxy) is 1. The van der Waals surface area contributed by atoms with Gasteiger partial charge in [-0.15, -0.1) is 0 Å². The van der Waals surface area contributed by atoms with E-state index in [-0.39, 0.29) is 0 Å². The van der Waals surface area contributed by atoms with Crippen molar-refractivity contribution in [1.29, 1.82) is 0 Å². The summed E-state index contributed by atoms with van der Waals surface area (Å²) in [5.74, 6) is 0.924. The summed E-state index contributed by atoms with van der Waals surface area (Å²) in [7, 11) is 1.70. The van der Waals surface area contributed by atoms with Gasteiger partial charge in [0.25, 0.3) is 0 Å². The van der Waals surface area contributed by atoms with Crippen LogP contribution in [0.4, 0.5) is 0 Å². The van der Waals surface area contributed by atoms with Crippen LogP contribution in [0.25, 0.3) is 0 Å². The lowest BCUT2D eigenvalue weighted by molar-refractivity contribution is 0.348. The summed E-state index contributed by atoms with van der Waals surface area (Å²) in [6, 6.07) is 8.29. The van der Waals surface area contributed by atoms with Gasteiger partial charge >= 0.3 is 0 Å². The Morgan fingerprint density at radius 1 is 1.27 bits per heavy atom. The van der Waals surface area contributed by atoms with E-state index in [1.165, 1.54) is 24.9 Å². The van der Waals surface area contributed by atoms with Gasteiger partial charge < -0.3 is 9.64 Å². The molecule has 0 atom stereocenters. The van der Waals surface area contributed by atoms with E-state index in [2.05, 4.69) is 29.3 Å². The van der Waals surface area contributed by atoms with E-state index in [4.69, 9.17) is 4.74 Å². The fraction of sp³-hybridized carbons (Fsp3) is 0.385. The van der Waals surface area contributed by atoms with Gasteiger partial charge in [-0.1, -0.05) is 18.2 Å². The Morgan fingerprint density at radius 3 is 2.67 bits per heavy atom. The molecule has 0 radical (unpaired) electrons. The third-order valence-electron chi connectivity index (χ3n) is 2.68. The summed E-state index contributed by atoms with van der Waals surface area (Å²) < 4.78 is 5.13. The van der Waals surface area contributed by atoms with Crippen molar-refractivity contribution in [3.8, 4) is 5.75 Å². The lowest BCUT2D eigenvalue weighted by Crippen LogP contribution is -2.20. The van der Waals surface area contributed by atoms with E-state index in [0.717, 1.165) is 12.3 Å². The molecule has 0 saturated heterocycles. The highest BCUT2D eigenvalue weighted by atomic mass is 16.5. The molecule has 1 heterocycles. The Labute approximate surface area is 91.2 Å². The van der Waals surface area contributed by atoms with Crippen LogP contribution in [0.2, 0.25) is 0 Å². The molecule has 0 saturated carbocycles. The lowest BCUT2D eigenvalue weighted by Gasteiger charge is -2.23. The SMILES string of the molecule is COc1ccc(CN2C=CCCC2)cc1. The Hall–Kier alpha value is -1.44. The van der Waals surface area contributed by atoms with Crippen LogP contribution in [0.5, 0.6) is 5.75 Å². The lowest BCUT2D eigenvalue weighted by atomic mass is 10.1. The summed E-state index contributed by atoms with van der Waals surface area (Å²) in [5.41, 5.74) is 1.34. The summed E-state index contributed by atoms with van der Waals surface area (Å²) >= 11 is 0. The Balaban J connectivity index is 1.97. The van der Waals surface area contributed by atoms with E-state index < -0.39 is 0 Å². The van der Waals surface area contributed by atoms with Gasteiger partial charge in [-0.25, -0.2) is 0 Å². The minimum atomic E-state index is 0.924. The van der Waals surface area contributed by atoms with E-state index in [9.17, 15) is 0 Å². The first-order chi connectivity index (χ1) is 7.38. The zero-order chi connectivity index (χ0) is 10.5. The van der Waals surface area contributed by atoms with E-state index in [0.29, 0.717) is 0 Å². The molecule has 0 aromatic heterocycles. The average Bonchev–Trinajstić information content (AvgIpc) is 2.31. The highest BCUT2D eigenvalue weighted by molar-refractivity contribution is 5.27. The first kappa shape index (κ1) is 10.1. The zero-order valence-corrected chi connectivity index (χ0v) is 9.15. The van der Waals surface area contributed by atoms with Crippen molar-refractivity contribution in [2.45, 2.75) is 19.4 Å². The molecule has 15 heavy (non-hydrogen) atoms. The normalized spacial score (nSPS) is 15.4. The molecular weight excluding hydrogens is 186 g/mol. The Kier molecular flexibility index (Phi) is 3.28. The van der Waals surface area contributed by atoms with Crippen molar-refractivity contribution in [1.82, 2.24) is 4.90 Å². The minimum Gasteiger partial charge on any atom is -0.497 e. The average molecular weight is 203 g/mol. The largest absolute Gasteiger partial charge is 0.497 e. The van der Waals surface area contributed by atoms with Gasteiger partial charge in [0.2, 0.25) is 0 Å².